The van der Waals surface area contributed by atoms with Crippen LogP contribution in [0.5, 0.6) is 11.5 Å². The van der Waals surface area contributed by atoms with Crippen LogP contribution >= 0.6 is 22.9 Å². The highest BCUT2D eigenvalue weighted by molar-refractivity contribution is 7.16. The Bertz CT molecular complexity index is 1080. The first-order chi connectivity index (χ1) is 12.3. The van der Waals surface area contributed by atoms with Gasteiger partial charge in [-0.25, -0.2) is 0 Å². The van der Waals surface area contributed by atoms with Crippen LogP contribution < -0.4 is 9.47 Å². The summed E-state index contributed by atoms with van der Waals surface area (Å²) in [5.41, 5.74) is 0.791. The van der Waals surface area contributed by atoms with E-state index in [2.05, 4.69) is 15.3 Å². The third kappa shape index (κ3) is 2.43. The monoisotopic (exact) mass is 370 g/mol. The van der Waals surface area contributed by atoms with E-state index >= 15 is 0 Å². The van der Waals surface area contributed by atoms with Crippen LogP contribution in [-0.2, 0) is 0 Å². The van der Waals surface area contributed by atoms with Gasteiger partial charge in [0, 0.05) is 5.56 Å². The van der Waals surface area contributed by atoms with E-state index in [1.54, 1.807) is 4.52 Å². The molecule has 0 radical (unpaired) electrons. The third-order valence-corrected chi connectivity index (χ3v) is 5.23. The zero-order valence-corrected chi connectivity index (χ0v) is 14.4. The Labute approximate surface area is 151 Å². The molecule has 5 rings (SSSR count). The maximum absolute atomic E-state index is 6.28. The van der Waals surface area contributed by atoms with Crippen molar-refractivity contribution >= 4 is 27.9 Å². The summed E-state index contributed by atoms with van der Waals surface area (Å²) in [6.07, 6.45) is -0.277. The lowest BCUT2D eigenvalue weighted by molar-refractivity contribution is 0.0904. The summed E-state index contributed by atoms with van der Waals surface area (Å²) in [4.78, 5) is 0.687. The van der Waals surface area contributed by atoms with E-state index in [0.29, 0.717) is 22.4 Å². The van der Waals surface area contributed by atoms with Gasteiger partial charge >= 0.3 is 0 Å². The first-order valence-corrected chi connectivity index (χ1v) is 8.84. The van der Waals surface area contributed by atoms with Crippen LogP contribution in [-0.4, -0.2) is 26.4 Å². The lowest BCUT2D eigenvalue weighted by atomic mass is 10.2. The Hall–Kier alpha value is -2.64. The summed E-state index contributed by atoms with van der Waals surface area (Å²) in [5.74, 6) is 2.08. The molecule has 0 amide bonds. The van der Waals surface area contributed by atoms with Gasteiger partial charge in [-0.1, -0.05) is 47.2 Å². The Morgan fingerprint density at radius 1 is 1.04 bits per heavy atom. The number of hydrogen-bond donors (Lipinski definition) is 0. The summed E-state index contributed by atoms with van der Waals surface area (Å²) < 4.78 is 13.5. The Balaban J connectivity index is 1.53. The lowest BCUT2D eigenvalue weighted by Gasteiger charge is -2.24. The van der Waals surface area contributed by atoms with Gasteiger partial charge in [-0.05, 0) is 24.3 Å². The van der Waals surface area contributed by atoms with Crippen LogP contribution in [0.1, 0.15) is 11.1 Å². The van der Waals surface area contributed by atoms with Gasteiger partial charge in [0.15, 0.2) is 28.4 Å². The Morgan fingerprint density at radius 3 is 2.72 bits per heavy atom. The normalized spacial score (nSPS) is 16.3. The predicted molar refractivity (Wildman–Crippen MR) is 94.4 cm³/mol. The minimum atomic E-state index is -0.277. The van der Waals surface area contributed by atoms with Crippen molar-refractivity contribution < 1.29 is 9.47 Å². The first kappa shape index (κ1) is 14.7. The first-order valence-electron chi connectivity index (χ1n) is 7.65. The fourth-order valence-electron chi connectivity index (χ4n) is 2.71. The second-order valence-electron chi connectivity index (χ2n) is 5.50. The van der Waals surface area contributed by atoms with Gasteiger partial charge < -0.3 is 9.47 Å². The molecule has 2 aromatic heterocycles. The molecule has 0 bridgehead atoms. The summed E-state index contributed by atoms with van der Waals surface area (Å²) in [5, 5.41) is 14.4. The molecule has 3 heterocycles. The Kier molecular flexibility index (Phi) is 3.36. The molecule has 1 aliphatic rings. The van der Waals surface area contributed by atoms with Crippen LogP contribution in [0.2, 0.25) is 5.02 Å². The number of halogens is 1. The van der Waals surface area contributed by atoms with Crippen molar-refractivity contribution in [2.45, 2.75) is 6.10 Å². The molecule has 0 N–H and O–H groups in total. The largest absolute Gasteiger partial charge is 0.485 e. The summed E-state index contributed by atoms with van der Waals surface area (Å²) in [6.45, 7) is 0.405. The van der Waals surface area contributed by atoms with Crippen molar-refractivity contribution in [1.29, 1.82) is 0 Å². The molecule has 0 fully saturated rings. The molecule has 8 heteroatoms. The van der Waals surface area contributed by atoms with Gasteiger partial charge in [0.2, 0.25) is 4.96 Å². The SMILES string of the molecule is Clc1ccccc1-c1nnc2sc([C@H]3COc4ccccc4O3)nn12. The third-order valence-electron chi connectivity index (χ3n) is 3.91. The van der Waals surface area contributed by atoms with Crippen molar-refractivity contribution in [3.8, 4) is 22.9 Å². The van der Waals surface area contributed by atoms with Crippen molar-refractivity contribution in [2.75, 3.05) is 6.61 Å². The number of benzene rings is 2. The second-order valence-corrected chi connectivity index (χ2v) is 6.90. The molecule has 0 saturated carbocycles. The highest BCUT2D eigenvalue weighted by Crippen LogP contribution is 2.37. The number of rotatable bonds is 2. The average molecular weight is 371 g/mol. The number of para-hydroxylation sites is 2. The summed E-state index contributed by atoms with van der Waals surface area (Å²) in [7, 11) is 0. The van der Waals surface area contributed by atoms with E-state index < -0.39 is 0 Å². The van der Waals surface area contributed by atoms with E-state index in [1.165, 1.54) is 11.3 Å². The smallest absolute Gasteiger partial charge is 0.235 e. The van der Waals surface area contributed by atoms with Gasteiger partial charge in [-0.2, -0.15) is 9.61 Å². The standard InChI is InChI=1S/C17H11ClN4O2S/c18-11-6-2-1-5-10(11)15-19-20-17-22(15)21-16(25-17)14-9-23-12-7-3-4-8-13(12)24-14/h1-8,14H,9H2/t14-/m1/s1. The number of fused-ring (bicyclic) bond motifs is 2. The molecule has 1 atom stereocenters. The highest BCUT2D eigenvalue weighted by Gasteiger charge is 2.27. The Morgan fingerprint density at radius 2 is 1.84 bits per heavy atom. The van der Waals surface area contributed by atoms with Gasteiger partial charge in [-0.3, -0.25) is 0 Å². The van der Waals surface area contributed by atoms with Gasteiger partial charge in [-0.15, -0.1) is 10.2 Å². The van der Waals surface area contributed by atoms with Crippen LogP contribution in [0.4, 0.5) is 0 Å². The van der Waals surface area contributed by atoms with Crippen molar-refractivity contribution in [2.24, 2.45) is 0 Å². The fraction of sp³-hybridized carbons (Fsp3) is 0.118. The molecule has 2 aromatic carbocycles. The fourth-order valence-corrected chi connectivity index (χ4v) is 3.79. The predicted octanol–water partition coefficient (Wildman–Crippen LogP) is 4.02. The molecule has 6 nitrogen and oxygen atoms in total. The quantitative estimate of drug-likeness (QED) is 0.533. The number of hydrogen-bond acceptors (Lipinski definition) is 6. The number of ether oxygens (including phenoxy) is 2. The van der Waals surface area contributed by atoms with Gasteiger partial charge in [0.1, 0.15) is 6.61 Å². The molecular weight excluding hydrogens is 360 g/mol. The molecule has 1 aliphatic heterocycles. The molecule has 124 valence electrons. The number of nitrogens with zero attached hydrogens (tertiary/aromatic N) is 4. The van der Waals surface area contributed by atoms with Crippen LogP contribution in [0, 0.1) is 0 Å². The molecule has 0 spiro atoms. The molecule has 0 aliphatic carbocycles. The van der Waals surface area contributed by atoms with Crippen molar-refractivity contribution in [3.05, 3.63) is 58.6 Å². The molecule has 0 saturated heterocycles. The molecule has 4 aromatic rings. The van der Waals surface area contributed by atoms with Crippen LogP contribution in [0.15, 0.2) is 48.5 Å². The van der Waals surface area contributed by atoms with E-state index in [4.69, 9.17) is 21.1 Å². The second kappa shape index (κ2) is 5.72. The minimum absolute atomic E-state index is 0.277. The van der Waals surface area contributed by atoms with E-state index in [-0.39, 0.29) is 6.10 Å². The highest BCUT2D eigenvalue weighted by atomic mass is 35.5. The van der Waals surface area contributed by atoms with Crippen LogP contribution in [0.3, 0.4) is 0 Å². The van der Waals surface area contributed by atoms with E-state index in [9.17, 15) is 0 Å². The van der Waals surface area contributed by atoms with E-state index in [0.717, 1.165) is 22.1 Å². The van der Waals surface area contributed by atoms with Crippen molar-refractivity contribution in [3.63, 3.8) is 0 Å². The topological polar surface area (TPSA) is 61.5 Å². The zero-order chi connectivity index (χ0) is 16.8. The molecular formula is C17H11ClN4O2S. The average Bonchev–Trinajstić information content (AvgIpc) is 3.23. The number of aromatic nitrogens is 4. The summed E-state index contributed by atoms with van der Waals surface area (Å²) in [6, 6.07) is 15.1. The van der Waals surface area contributed by atoms with Crippen LogP contribution in [0.25, 0.3) is 16.3 Å². The molecule has 25 heavy (non-hydrogen) atoms. The minimum Gasteiger partial charge on any atom is -0.485 e. The maximum atomic E-state index is 6.28. The van der Waals surface area contributed by atoms with Crippen molar-refractivity contribution in [1.82, 2.24) is 19.8 Å². The maximum Gasteiger partial charge on any atom is 0.235 e. The van der Waals surface area contributed by atoms with Gasteiger partial charge in [0.25, 0.3) is 0 Å². The lowest BCUT2D eigenvalue weighted by Crippen LogP contribution is -2.21. The molecule has 0 unspecified atom stereocenters. The zero-order valence-electron chi connectivity index (χ0n) is 12.8. The summed E-state index contributed by atoms with van der Waals surface area (Å²) >= 11 is 7.71. The van der Waals surface area contributed by atoms with Gasteiger partial charge in [0.05, 0.1) is 5.02 Å². The van der Waals surface area contributed by atoms with E-state index in [1.807, 2.05) is 48.5 Å².